The summed E-state index contributed by atoms with van der Waals surface area (Å²) >= 11 is 0. The van der Waals surface area contributed by atoms with E-state index in [0.717, 1.165) is 0 Å². The third-order valence-electron chi connectivity index (χ3n) is 5.55. The van der Waals surface area contributed by atoms with Crippen LogP contribution in [-0.2, 0) is 0 Å². The molecule has 0 amide bonds. The first kappa shape index (κ1) is 19.6. The molecule has 0 unspecified atom stereocenters. The summed E-state index contributed by atoms with van der Waals surface area (Å²) < 4.78 is 42.0. The normalized spacial score (nSPS) is 16.0. The Morgan fingerprint density at radius 2 is 1.97 bits per heavy atom. The molecular formula is C22H21F2N5O2. The minimum Gasteiger partial charge on any atom is -0.495 e. The van der Waals surface area contributed by atoms with Crippen molar-refractivity contribution in [3.05, 3.63) is 48.4 Å². The quantitative estimate of drug-likeness (QED) is 0.527. The van der Waals surface area contributed by atoms with E-state index in [1.807, 2.05) is 0 Å². The summed E-state index contributed by atoms with van der Waals surface area (Å²) in [7, 11) is 1.58. The van der Waals surface area contributed by atoms with Crippen LogP contribution in [0, 0.1) is 5.82 Å². The Morgan fingerprint density at radius 1 is 1.13 bits per heavy atom. The Balaban J connectivity index is 1.54. The van der Waals surface area contributed by atoms with Crippen LogP contribution in [-0.4, -0.2) is 52.1 Å². The van der Waals surface area contributed by atoms with E-state index in [-0.39, 0.29) is 12.4 Å². The number of alkyl halides is 1. The number of fused-ring (bicyclic) bond motifs is 2. The molecule has 3 aromatic heterocycles. The smallest absolute Gasteiger partial charge is 0.187 e. The van der Waals surface area contributed by atoms with Gasteiger partial charge in [-0.2, -0.15) is 0 Å². The van der Waals surface area contributed by atoms with Crippen molar-refractivity contribution in [2.24, 2.45) is 0 Å². The number of ether oxygens (including phenoxy) is 2. The third-order valence-corrected chi connectivity index (χ3v) is 5.55. The van der Waals surface area contributed by atoms with Crippen LogP contribution in [0.1, 0.15) is 12.8 Å². The Bertz CT molecular complexity index is 1250. The van der Waals surface area contributed by atoms with Gasteiger partial charge < -0.3 is 14.8 Å². The first-order chi connectivity index (χ1) is 15.0. The summed E-state index contributed by atoms with van der Waals surface area (Å²) in [5, 5.41) is 12.1. The van der Waals surface area contributed by atoms with Gasteiger partial charge in [0.05, 0.1) is 13.3 Å². The van der Waals surface area contributed by atoms with Crippen LogP contribution in [0.5, 0.6) is 11.5 Å². The number of nitrogens with one attached hydrogen (secondary N) is 1. The summed E-state index contributed by atoms with van der Waals surface area (Å²) in [5.41, 5.74) is 0.164. The van der Waals surface area contributed by atoms with Gasteiger partial charge in [0.2, 0.25) is 0 Å². The van der Waals surface area contributed by atoms with Crippen molar-refractivity contribution in [2.75, 3.05) is 26.8 Å². The molecule has 1 N–H and O–H groups in total. The summed E-state index contributed by atoms with van der Waals surface area (Å²) in [5.74, 6) is 0.897. The molecule has 0 aliphatic carbocycles. The van der Waals surface area contributed by atoms with Crippen LogP contribution in [0.3, 0.4) is 0 Å². The van der Waals surface area contributed by atoms with E-state index in [2.05, 4.69) is 20.5 Å². The van der Waals surface area contributed by atoms with Gasteiger partial charge in [-0.05, 0) is 50.2 Å². The van der Waals surface area contributed by atoms with Crippen molar-refractivity contribution < 1.29 is 18.3 Å². The van der Waals surface area contributed by atoms with E-state index in [9.17, 15) is 8.78 Å². The molecule has 4 heterocycles. The molecule has 31 heavy (non-hydrogen) atoms. The number of piperidine rings is 1. The third kappa shape index (κ3) is 3.76. The molecule has 1 aromatic carbocycles. The zero-order valence-corrected chi connectivity index (χ0v) is 16.9. The molecule has 1 saturated heterocycles. The number of benzene rings is 1. The molecule has 0 radical (unpaired) electrons. The van der Waals surface area contributed by atoms with Crippen molar-refractivity contribution in [1.29, 1.82) is 0 Å². The molecule has 160 valence electrons. The lowest BCUT2D eigenvalue weighted by Crippen LogP contribution is -2.42. The maximum absolute atomic E-state index is 15.0. The highest BCUT2D eigenvalue weighted by Gasteiger charge is 2.33. The molecule has 7 nitrogen and oxygen atoms in total. The topological polar surface area (TPSA) is 73.6 Å². The Labute approximate surface area is 177 Å². The molecule has 1 aliphatic rings. The Hall–Kier alpha value is -3.33. The highest BCUT2D eigenvalue weighted by Crippen LogP contribution is 2.31. The molecule has 0 atom stereocenters. The number of rotatable bonds is 5. The van der Waals surface area contributed by atoms with E-state index >= 15 is 0 Å². The summed E-state index contributed by atoms with van der Waals surface area (Å²) in [4.78, 5) is 4.66. The van der Waals surface area contributed by atoms with E-state index in [0.29, 0.717) is 59.7 Å². The number of hydrogen-bond acceptors (Lipinski definition) is 6. The van der Waals surface area contributed by atoms with Crippen molar-refractivity contribution in [3.63, 3.8) is 0 Å². The van der Waals surface area contributed by atoms with Gasteiger partial charge in [0.25, 0.3) is 0 Å². The molecule has 1 fully saturated rings. The maximum Gasteiger partial charge on any atom is 0.187 e. The van der Waals surface area contributed by atoms with Crippen molar-refractivity contribution >= 4 is 16.6 Å². The number of hydrogen-bond donors (Lipinski definition) is 1. The van der Waals surface area contributed by atoms with Gasteiger partial charge in [-0.1, -0.05) is 6.07 Å². The van der Waals surface area contributed by atoms with Gasteiger partial charge >= 0.3 is 0 Å². The zero-order chi connectivity index (χ0) is 21.4. The SMILES string of the molecule is COc1ccc2nnc(-c3ccc4cc(F)cc(OCC5(F)CCNCC5)c4n3)n2c1. The van der Waals surface area contributed by atoms with Crippen LogP contribution >= 0.6 is 0 Å². The number of nitrogens with zero attached hydrogens (tertiary/aromatic N) is 4. The molecular weight excluding hydrogens is 404 g/mol. The number of methoxy groups -OCH3 is 1. The summed E-state index contributed by atoms with van der Waals surface area (Å²) in [6, 6.07) is 9.69. The summed E-state index contributed by atoms with van der Waals surface area (Å²) in [6.07, 6.45) is 2.47. The fourth-order valence-corrected chi connectivity index (χ4v) is 3.80. The van der Waals surface area contributed by atoms with Crippen LogP contribution < -0.4 is 14.8 Å². The van der Waals surface area contributed by atoms with Crippen LogP contribution in [0.15, 0.2) is 42.6 Å². The van der Waals surface area contributed by atoms with E-state index in [1.54, 1.807) is 42.0 Å². The van der Waals surface area contributed by atoms with Gasteiger partial charge in [0, 0.05) is 11.5 Å². The Morgan fingerprint density at radius 3 is 2.77 bits per heavy atom. The second-order valence-electron chi connectivity index (χ2n) is 7.68. The first-order valence-corrected chi connectivity index (χ1v) is 10.1. The predicted molar refractivity (Wildman–Crippen MR) is 112 cm³/mol. The van der Waals surface area contributed by atoms with E-state index in [4.69, 9.17) is 9.47 Å². The van der Waals surface area contributed by atoms with Gasteiger partial charge in [-0.25, -0.2) is 13.8 Å². The Kier molecular flexibility index (Phi) is 4.90. The first-order valence-electron chi connectivity index (χ1n) is 10.1. The van der Waals surface area contributed by atoms with Gasteiger partial charge in [-0.3, -0.25) is 4.40 Å². The second kappa shape index (κ2) is 7.73. The molecule has 9 heteroatoms. The number of halogens is 2. The number of pyridine rings is 2. The zero-order valence-electron chi connectivity index (χ0n) is 16.9. The van der Waals surface area contributed by atoms with Gasteiger partial charge in [-0.15, -0.1) is 10.2 Å². The largest absolute Gasteiger partial charge is 0.495 e. The van der Waals surface area contributed by atoms with Crippen LogP contribution in [0.2, 0.25) is 0 Å². The van der Waals surface area contributed by atoms with Crippen molar-refractivity contribution in [2.45, 2.75) is 18.5 Å². The average Bonchev–Trinajstić information content (AvgIpc) is 3.21. The molecule has 0 saturated carbocycles. The van der Waals surface area contributed by atoms with E-state index in [1.165, 1.54) is 12.1 Å². The fraction of sp³-hybridized carbons (Fsp3) is 0.318. The lowest BCUT2D eigenvalue weighted by atomic mass is 9.95. The standard InChI is InChI=1S/C22H21F2N5O2/c1-30-16-3-5-19-27-28-21(29(19)12-16)17-4-2-14-10-15(23)11-18(20(14)26-17)31-13-22(24)6-8-25-9-7-22/h2-5,10-12,25H,6-9,13H2,1H3. The summed E-state index contributed by atoms with van der Waals surface area (Å²) in [6.45, 7) is 1.04. The molecule has 4 aromatic rings. The highest BCUT2D eigenvalue weighted by atomic mass is 19.1. The molecule has 0 bridgehead atoms. The van der Waals surface area contributed by atoms with Crippen LogP contribution in [0.25, 0.3) is 28.1 Å². The van der Waals surface area contributed by atoms with Gasteiger partial charge in [0.1, 0.15) is 40.8 Å². The lowest BCUT2D eigenvalue weighted by Gasteiger charge is -2.29. The lowest BCUT2D eigenvalue weighted by molar-refractivity contribution is 0.0544. The molecule has 5 rings (SSSR count). The highest BCUT2D eigenvalue weighted by molar-refractivity contribution is 5.86. The predicted octanol–water partition coefficient (Wildman–Crippen LogP) is 3.56. The van der Waals surface area contributed by atoms with Gasteiger partial charge in [0.15, 0.2) is 11.5 Å². The molecule has 1 aliphatic heterocycles. The van der Waals surface area contributed by atoms with E-state index < -0.39 is 11.5 Å². The molecule has 0 spiro atoms. The number of aromatic nitrogens is 4. The van der Waals surface area contributed by atoms with Crippen molar-refractivity contribution in [1.82, 2.24) is 24.9 Å². The van der Waals surface area contributed by atoms with Crippen molar-refractivity contribution in [3.8, 4) is 23.0 Å². The average molecular weight is 425 g/mol. The fourth-order valence-electron chi connectivity index (χ4n) is 3.80. The van der Waals surface area contributed by atoms with Crippen LogP contribution in [0.4, 0.5) is 8.78 Å². The monoisotopic (exact) mass is 425 g/mol. The minimum atomic E-state index is -1.44. The maximum atomic E-state index is 15.0. The minimum absolute atomic E-state index is 0.149. The second-order valence-corrected chi connectivity index (χ2v) is 7.68.